The van der Waals surface area contributed by atoms with Crippen LogP contribution in [0.3, 0.4) is 0 Å². The number of hydrogen-bond donors (Lipinski definition) is 2. The fourth-order valence-electron chi connectivity index (χ4n) is 4.85. The molecule has 0 atom stereocenters. The summed E-state index contributed by atoms with van der Waals surface area (Å²) in [5, 5.41) is 3.65. The van der Waals surface area contributed by atoms with Crippen LogP contribution in [0.1, 0.15) is 55.5 Å². The zero-order valence-corrected chi connectivity index (χ0v) is 19.4. The van der Waals surface area contributed by atoms with Gasteiger partial charge >= 0.3 is 6.03 Å². The Morgan fingerprint density at radius 3 is 2.30 bits per heavy atom. The molecule has 2 saturated heterocycles. The number of nitrogens with zero attached hydrogens (tertiary/aromatic N) is 3. The molecule has 2 N–H and O–H groups in total. The number of imide groups is 1. The minimum absolute atomic E-state index is 0.00631. The number of carbonyl (C=O) groups excluding carboxylic acids is 4. The first-order valence-corrected chi connectivity index (χ1v) is 11.9. The van der Waals surface area contributed by atoms with E-state index in [9.17, 15) is 19.2 Å². The van der Waals surface area contributed by atoms with Gasteiger partial charge in [-0.05, 0) is 55.7 Å². The normalized spacial score (nSPS) is 25.9. The molecule has 1 spiro atoms. The lowest BCUT2D eigenvalue weighted by Gasteiger charge is -2.34. The van der Waals surface area contributed by atoms with Crippen molar-refractivity contribution in [2.45, 2.75) is 51.5 Å². The van der Waals surface area contributed by atoms with E-state index in [2.05, 4.69) is 24.6 Å². The van der Waals surface area contributed by atoms with Gasteiger partial charge < -0.3 is 10.2 Å². The third-order valence-electron chi connectivity index (χ3n) is 7.16. The van der Waals surface area contributed by atoms with Crippen LogP contribution in [0.2, 0.25) is 0 Å². The fourth-order valence-corrected chi connectivity index (χ4v) is 4.85. The topological polar surface area (TPSA) is 102 Å². The van der Waals surface area contributed by atoms with Crippen molar-refractivity contribution in [1.82, 2.24) is 25.6 Å². The van der Waals surface area contributed by atoms with Gasteiger partial charge in [-0.3, -0.25) is 24.7 Å². The molecule has 3 fully saturated rings. The summed E-state index contributed by atoms with van der Waals surface area (Å²) in [6.45, 7) is 6.42. The smallest absolute Gasteiger partial charge is 0.336 e. The number of urea groups is 1. The third-order valence-corrected chi connectivity index (χ3v) is 7.16. The highest BCUT2D eigenvalue weighted by Crippen LogP contribution is 2.35. The van der Waals surface area contributed by atoms with Crippen molar-refractivity contribution in [3.05, 3.63) is 35.4 Å². The lowest BCUT2D eigenvalue weighted by Crippen LogP contribution is -2.55. The molecule has 0 aromatic heterocycles. The minimum Gasteiger partial charge on any atom is -0.336 e. The Bertz CT molecular complexity index is 915. The molecule has 1 aromatic rings. The van der Waals surface area contributed by atoms with E-state index in [1.54, 1.807) is 4.90 Å². The minimum atomic E-state index is -0.877. The highest BCUT2D eigenvalue weighted by molar-refractivity contribution is 6.08. The second kappa shape index (κ2) is 9.51. The Balaban J connectivity index is 1.26. The summed E-state index contributed by atoms with van der Waals surface area (Å²) in [6, 6.07) is 7.11. The molecule has 3 aliphatic rings. The van der Waals surface area contributed by atoms with Crippen LogP contribution < -0.4 is 10.7 Å². The number of hydrazine groups is 1. The molecule has 9 heteroatoms. The molecule has 2 aliphatic heterocycles. The summed E-state index contributed by atoms with van der Waals surface area (Å²) in [4.78, 5) is 54.3. The van der Waals surface area contributed by atoms with Crippen molar-refractivity contribution in [2.24, 2.45) is 5.92 Å². The van der Waals surface area contributed by atoms with E-state index in [1.807, 2.05) is 29.2 Å². The number of hydrogen-bond acceptors (Lipinski definition) is 5. The van der Waals surface area contributed by atoms with Gasteiger partial charge in [0.2, 0.25) is 0 Å². The van der Waals surface area contributed by atoms with Crippen LogP contribution in [0.25, 0.3) is 0 Å². The van der Waals surface area contributed by atoms with Gasteiger partial charge in [0.15, 0.2) is 0 Å². The number of carbonyl (C=O) groups is 4. The first-order valence-electron chi connectivity index (χ1n) is 11.9. The highest BCUT2D eigenvalue weighted by Gasteiger charge is 2.52. The quantitative estimate of drug-likeness (QED) is 0.656. The maximum atomic E-state index is 12.9. The molecule has 0 radical (unpaired) electrons. The fraction of sp³-hybridized carbons (Fsp3) is 0.583. The van der Waals surface area contributed by atoms with Crippen LogP contribution in [0.15, 0.2) is 24.3 Å². The van der Waals surface area contributed by atoms with Crippen molar-refractivity contribution in [3.63, 3.8) is 0 Å². The van der Waals surface area contributed by atoms with Crippen LogP contribution in [-0.4, -0.2) is 76.8 Å². The first-order chi connectivity index (χ1) is 15.8. The second-order valence-electron chi connectivity index (χ2n) is 9.49. The molecule has 1 saturated carbocycles. The number of aryl methyl sites for hydroxylation is 1. The van der Waals surface area contributed by atoms with E-state index in [0.717, 1.165) is 24.3 Å². The SMILES string of the molecule is CCc1ccc(C(=O)N2CCN(CC(=O)NN3C(=O)NC4(CCC(C)CC4)C3=O)CC2)cc1. The number of benzene rings is 1. The molecule has 33 heavy (non-hydrogen) atoms. The van der Waals surface area contributed by atoms with Crippen molar-refractivity contribution in [1.29, 1.82) is 0 Å². The van der Waals surface area contributed by atoms with Crippen molar-refractivity contribution in [3.8, 4) is 0 Å². The van der Waals surface area contributed by atoms with Gasteiger partial charge in [-0.15, -0.1) is 0 Å². The zero-order valence-electron chi connectivity index (χ0n) is 19.4. The molecule has 2 heterocycles. The van der Waals surface area contributed by atoms with E-state index in [-0.39, 0.29) is 18.4 Å². The van der Waals surface area contributed by atoms with Crippen LogP contribution in [0.5, 0.6) is 0 Å². The monoisotopic (exact) mass is 455 g/mol. The molecular formula is C24H33N5O4. The van der Waals surface area contributed by atoms with Gasteiger partial charge in [0.05, 0.1) is 6.54 Å². The Morgan fingerprint density at radius 2 is 1.70 bits per heavy atom. The van der Waals surface area contributed by atoms with E-state index >= 15 is 0 Å². The zero-order chi connectivity index (χ0) is 23.6. The van der Waals surface area contributed by atoms with Gasteiger partial charge in [-0.1, -0.05) is 26.0 Å². The van der Waals surface area contributed by atoms with Gasteiger partial charge in [-0.2, -0.15) is 5.01 Å². The predicted molar refractivity (Wildman–Crippen MR) is 122 cm³/mol. The number of piperazine rings is 1. The molecule has 1 aromatic carbocycles. The van der Waals surface area contributed by atoms with Gasteiger partial charge in [0.25, 0.3) is 17.7 Å². The lowest BCUT2D eigenvalue weighted by atomic mass is 9.77. The molecule has 1 aliphatic carbocycles. The van der Waals surface area contributed by atoms with E-state index < -0.39 is 17.5 Å². The average molecular weight is 456 g/mol. The van der Waals surface area contributed by atoms with Crippen LogP contribution in [0.4, 0.5) is 4.79 Å². The first kappa shape index (κ1) is 23.2. The van der Waals surface area contributed by atoms with Crippen molar-refractivity contribution in [2.75, 3.05) is 32.7 Å². The number of rotatable bonds is 5. The van der Waals surface area contributed by atoms with Crippen LogP contribution in [0, 0.1) is 5.92 Å². The predicted octanol–water partition coefficient (Wildman–Crippen LogP) is 1.54. The largest absolute Gasteiger partial charge is 0.344 e. The van der Waals surface area contributed by atoms with Crippen molar-refractivity contribution < 1.29 is 19.2 Å². The average Bonchev–Trinajstić information content (AvgIpc) is 3.05. The van der Waals surface area contributed by atoms with Gasteiger partial charge in [-0.25, -0.2) is 4.79 Å². The molecule has 4 rings (SSSR count). The molecule has 0 bridgehead atoms. The van der Waals surface area contributed by atoms with Crippen molar-refractivity contribution >= 4 is 23.8 Å². The summed E-state index contributed by atoms with van der Waals surface area (Å²) >= 11 is 0. The number of nitrogens with one attached hydrogen (secondary N) is 2. The van der Waals surface area contributed by atoms with Gasteiger partial charge in [0.1, 0.15) is 5.54 Å². The summed E-state index contributed by atoms with van der Waals surface area (Å²) in [5.74, 6) is -0.245. The van der Waals surface area contributed by atoms with Gasteiger partial charge in [0, 0.05) is 31.7 Å². The number of amides is 5. The molecule has 178 valence electrons. The van der Waals surface area contributed by atoms with E-state index in [0.29, 0.717) is 50.5 Å². The maximum absolute atomic E-state index is 12.9. The Hall–Kier alpha value is -2.94. The summed E-state index contributed by atoms with van der Waals surface area (Å²) in [5.41, 5.74) is 3.47. The summed E-state index contributed by atoms with van der Waals surface area (Å²) in [7, 11) is 0. The van der Waals surface area contributed by atoms with Crippen LogP contribution >= 0.6 is 0 Å². The van der Waals surface area contributed by atoms with E-state index in [4.69, 9.17) is 0 Å². The lowest BCUT2D eigenvalue weighted by molar-refractivity contribution is -0.140. The second-order valence-corrected chi connectivity index (χ2v) is 9.49. The van der Waals surface area contributed by atoms with E-state index in [1.165, 1.54) is 5.56 Å². The maximum Gasteiger partial charge on any atom is 0.344 e. The highest BCUT2D eigenvalue weighted by atomic mass is 16.2. The molecule has 5 amide bonds. The summed E-state index contributed by atoms with van der Waals surface area (Å²) in [6.07, 6.45) is 3.88. The summed E-state index contributed by atoms with van der Waals surface area (Å²) < 4.78 is 0. The Labute approximate surface area is 194 Å². The molecule has 9 nitrogen and oxygen atoms in total. The standard InChI is InChI=1S/C24H33N5O4/c1-3-18-4-6-19(7-5-18)21(31)28-14-12-27(13-15-28)16-20(30)26-29-22(32)24(25-23(29)33)10-8-17(2)9-11-24/h4-7,17H,3,8-16H2,1-2H3,(H,25,33)(H,26,30). The third kappa shape index (κ3) is 4.88. The molecule has 0 unspecified atom stereocenters. The van der Waals surface area contributed by atoms with Crippen LogP contribution in [-0.2, 0) is 16.0 Å². The Morgan fingerprint density at radius 1 is 1.06 bits per heavy atom. The molecular weight excluding hydrogens is 422 g/mol. The Kier molecular flexibility index (Phi) is 6.69.